The molecule has 0 bridgehead atoms. The van der Waals surface area contributed by atoms with E-state index < -0.39 is 0 Å². The fraction of sp³-hybridized carbons (Fsp3) is 0.0357. The molecular weight excluding hydrogens is 621 g/mol. The molecule has 6 nitrogen and oxygen atoms in total. The molecule has 0 unspecified atom stereocenters. The van der Waals surface area contributed by atoms with Gasteiger partial charge >= 0.3 is 0 Å². The fourth-order valence-corrected chi connectivity index (χ4v) is 4.46. The van der Waals surface area contributed by atoms with Crippen LogP contribution in [0.4, 0.5) is 5.69 Å². The van der Waals surface area contributed by atoms with E-state index in [1.165, 1.54) is 0 Å². The van der Waals surface area contributed by atoms with Crippen molar-refractivity contribution < 1.29 is 13.9 Å². The summed E-state index contributed by atoms with van der Waals surface area (Å²) in [6.07, 6.45) is 0. The molecule has 0 radical (unpaired) electrons. The number of nitrogens with zero attached hydrogens (tertiary/aromatic N) is 1. The number of halogens is 2. The molecule has 184 valence electrons. The van der Waals surface area contributed by atoms with Crippen molar-refractivity contribution in [2.24, 2.45) is 0 Å². The Morgan fingerprint density at radius 3 is 2.57 bits per heavy atom. The van der Waals surface area contributed by atoms with Crippen molar-refractivity contribution >= 4 is 74.2 Å². The van der Waals surface area contributed by atoms with Gasteiger partial charge in [-0.2, -0.15) is 0 Å². The maximum absolute atomic E-state index is 12.6. The molecule has 4 aromatic carbocycles. The van der Waals surface area contributed by atoms with Crippen molar-refractivity contribution in [2.45, 2.75) is 6.61 Å². The first-order valence-corrected chi connectivity index (χ1v) is 13.1. The van der Waals surface area contributed by atoms with Gasteiger partial charge < -0.3 is 14.5 Å². The van der Waals surface area contributed by atoms with Crippen LogP contribution in [0.15, 0.2) is 95.4 Å². The Morgan fingerprint density at radius 1 is 1.00 bits per heavy atom. The molecule has 0 aliphatic carbocycles. The third-order valence-corrected chi connectivity index (χ3v) is 6.60. The van der Waals surface area contributed by atoms with Crippen molar-refractivity contribution in [3.8, 4) is 17.2 Å². The fourth-order valence-electron chi connectivity index (χ4n) is 3.56. The summed E-state index contributed by atoms with van der Waals surface area (Å²) in [6.45, 7) is 0.454. The van der Waals surface area contributed by atoms with E-state index in [2.05, 4.69) is 38.2 Å². The zero-order chi connectivity index (χ0) is 25.8. The summed E-state index contributed by atoms with van der Waals surface area (Å²) < 4.78 is 12.7. The third-order valence-electron chi connectivity index (χ3n) is 5.40. The summed E-state index contributed by atoms with van der Waals surface area (Å²) in [5.41, 5.74) is 4.16. The number of oxazole rings is 1. The Balaban J connectivity index is 1.20. The van der Waals surface area contributed by atoms with Crippen LogP contribution in [0.5, 0.6) is 5.75 Å². The highest BCUT2D eigenvalue weighted by atomic mass is 127. The second-order valence-electron chi connectivity index (χ2n) is 8.03. The average molecular weight is 640 g/mol. The summed E-state index contributed by atoms with van der Waals surface area (Å²) in [5, 5.41) is 6.44. The van der Waals surface area contributed by atoms with Crippen LogP contribution in [0.1, 0.15) is 15.9 Å². The van der Waals surface area contributed by atoms with Gasteiger partial charge in [0.25, 0.3) is 5.91 Å². The molecule has 1 aromatic heterocycles. The van der Waals surface area contributed by atoms with Gasteiger partial charge in [0.15, 0.2) is 10.7 Å². The van der Waals surface area contributed by atoms with Gasteiger partial charge in [-0.3, -0.25) is 10.1 Å². The van der Waals surface area contributed by atoms with Gasteiger partial charge in [-0.1, -0.05) is 41.9 Å². The summed E-state index contributed by atoms with van der Waals surface area (Å²) in [4.78, 5) is 17.2. The van der Waals surface area contributed by atoms with E-state index in [1.54, 1.807) is 42.5 Å². The number of anilines is 1. The second kappa shape index (κ2) is 11.3. The molecule has 0 saturated carbocycles. The van der Waals surface area contributed by atoms with E-state index in [9.17, 15) is 4.79 Å². The summed E-state index contributed by atoms with van der Waals surface area (Å²) in [5.74, 6) is 0.779. The normalized spacial score (nSPS) is 10.8. The van der Waals surface area contributed by atoms with Crippen LogP contribution in [0.2, 0.25) is 5.02 Å². The van der Waals surface area contributed by atoms with Crippen LogP contribution in [0.3, 0.4) is 0 Å². The minimum Gasteiger partial charge on any atom is -0.489 e. The van der Waals surface area contributed by atoms with Gasteiger partial charge in [-0.25, -0.2) is 4.98 Å². The van der Waals surface area contributed by atoms with Crippen molar-refractivity contribution in [3.63, 3.8) is 0 Å². The zero-order valence-corrected chi connectivity index (χ0v) is 22.9. The third kappa shape index (κ3) is 6.27. The van der Waals surface area contributed by atoms with E-state index in [0.717, 1.165) is 14.7 Å². The first-order chi connectivity index (χ1) is 17.9. The van der Waals surface area contributed by atoms with E-state index in [-0.39, 0.29) is 11.0 Å². The highest BCUT2D eigenvalue weighted by molar-refractivity contribution is 14.1. The Morgan fingerprint density at radius 2 is 1.78 bits per heavy atom. The van der Waals surface area contributed by atoms with E-state index in [4.69, 9.17) is 33.0 Å². The number of hydrogen-bond acceptors (Lipinski definition) is 5. The second-order valence-corrected chi connectivity index (χ2v) is 10.1. The number of amides is 1. The van der Waals surface area contributed by atoms with Gasteiger partial charge in [0, 0.05) is 14.8 Å². The number of carbonyl (C=O) groups is 1. The molecule has 0 fully saturated rings. The lowest BCUT2D eigenvalue weighted by molar-refractivity contribution is 0.0977. The Hall–Kier alpha value is -3.47. The molecule has 0 saturated heterocycles. The minimum absolute atomic E-state index is 0.165. The van der Waals surface area contributed by atoms with Gasteiger partial charge in [0.05, 0.1) is 10.6 Å². The molecule has 1 amide bonds. The quantitative estimate of drug-likeness (QED) is 0.148. The number of rotatable bonds is 6. The number of ether oxygens (including phenoxy) is 1. The number of aromatic nitrogens is 1. The number of hydrogen-bond donors (Lipinski definition) is 2. The molecule has 37 heavy (non-hydrogen) atoms. The first kappa shape index (κ1) is 25.2. The van der Waals surface area contributed by atoms with Crippen molar-refractivity contribution in [1.82, 2.24) is 10.3 Å². The van der Waals surface area contributed by atoms with Crippen molar-refractivity contribution in [3.05, 3.63) is 111 Å². The molecule has 5 aromatic rings. The molecule has 2 N–H and O–H groups in total. The molecule has 0 aliphatic rings. The molecule has 0 spiro atoms. The summed E-state index contributed by atoms with van der Waals surface area (Å²) in [7, 11) is 0. The SMILES string of the molecule is O=C(NC(=S)Nc1ccc2oc(-c3cc(I)ccc3Cl)nc2c1)c1ccc(OCc2ccccc2)cc1. The summed E-state index contributed by atoms with van der Waals surface area (Å²) in [6, 6.07) is 27.8. The van der Waals surface area contributed by atoms with E-state index in [0.29, 0.717) is 45.6 Å². The monoisotopic (exact) mass is 639 g/mol. The number of carbonyl (C=O) groups excluding carboxylic acids is 1. The topological polar surface area (TPSA) is 76.4 Å². The lowest BCUT2D eigenvalue weighted by Gasteiger charge is -2.10. The molecule has 0 atom stereocenters. The maximum Gasteiger partial charge on any atom is 0.257 e. The standard InChI is InChI=1S/C28H19ClIN3O3S/c29-23-12-8-19(30)14-22(23)27-32-24-15-20(9-13-25(24)36-27)31-28(37)33-26(34)18-6-10-21(11-7-18)35-16-17-4-2-1-3-5-17/h1-15H,16H2,(H2,31,33,34,37). The number of thiocarbonyl (C=S) groups is 1. The minimum atomic E-state index is -0.328. The van der Waals surface area contributed by atoms with E-state index >= 15 is 0 Å². The van der Waals surface area contributed by atoms with Gasteiger partial charge in [0.2, 0.25) is 5.89 Å². The van der Waals surface area contributed by atoms with Gasteiger partial charge in [-0.05, 0) is 101 Å². The highest BCUT2D eigenvalue weighted by Crippen LogP contribution is 2.32. The molecular formula is C28H19ClIN3O3S. The smallest absolute Gasteiger partial charge is 0.257 e. The summed E-state index contributed by atoms with van der Waals surface area (Å²) >= 11 is 13.9. The van der Waals surface area contributed by atoms with Crippen molar-refractivity contribution in [1.29, 1.82) is 0 Å². The zero-order valence-electron chi connectivity index (χ0n) is 19.2. The Kier molecular flexibility index (Phi) is 7.68. The lowest BCUT2D eigenvalue weighted by Crippen LogP contribution is -2.34. The molecule has 0 aliphatic heterocycles. The van der Waals surface area contributed by atoms with Gasteiger partial charge in [-0.15, -0.1) is 0 Å². The molecule has 5 rings (SSSR count). The van der Waals surface area contributed by atoms with Crippen LogP contribution in [-0.2, 0) is 6.61 Å². The van der Waals surface area contributed by atoms with Crippen LogP contribution in [0, 0.1) is 3.57 Å². The molecule has 9 heteroatoms. The van der Waals surface area contributed by atoms with E-state index in [1.807, 2.05) is 48.5 Å². The van der Waals surface area contributed by atoms with Crippen molar-refractivity contribution in [2.75, 3.05) is 5.32 Å². The average Bonchev–Trinajstić information content (AvgIpc) is 3.33. The van der Waals surface area contributed by atoms with Gasteiger partial charge in [0.1, 0.15) is 17.9 Å². The predicted octanol–water partition coefficient (Wildman–Crippen LogP) is 7.46. The largest absolute Gasteiger partial charge is 0.489 e. The van der Waals surface area contributed by atoms with Crippen LogP contribution in [0.25, 0.3) is 22.6 Å². The molecule has 1 heterocycles. The number of benzene rings is 4. The first-order valence-electron chi connectivity index (χ1n) is 11.2. The Labute approximate surface area is 237 Å². The maximum atomic E-state index is 12.6. The Bertz CT molecular complexity index is 1590. The van der Waals surface area contributed by atoms with Crippen LogP contribution in [-0.4, -0.2) is 16.0 Å². The highest BCUT2D eigenvalue weighted by Gasteiger charge is 2.14. The van der Waals surface area contributed by atoms with Crippen LogP contribution >= 0.6 is 46.4 Å². The predicted molar refractivity (Wildman–Crippen MR) is 158 cm³/mol. The number of fused-ring (bicyclic) bond motifs is 1. The lowest BCUT2D eigenvalue weighted by atomic mass is 10.2. The number of nitrogens with one attached hydrogen (secondary N) is 2. The van der Waals surface area contributed by atoms with Crippen LogP contribution < -0.4 is 15.4 Å².